The van der Waals surface area contributed by atoms with Crippen LogP contribution in [0, 0.1) is 5.41 Å². The van der Waals surface area contributed by atoms with Crippen molar-refractivity contribution in [2.45, 2.75) is 49.2 Å². The molecule has 2 rings (SSSR count). The number of nitrogens with one attached hydrogen (secondary N) is 4. The maximum atomic E-state index is 13.3. The van der Waals surface area contributed by atoms with Crippen LogP contribution in [0.4, 0.5) is 0 Å². The van der Waals surface area contributed by atoms with Crippen LogP contribution in [0.5, 0.6) is 0 Å². The Balaban J connectivity index is 2.16. The van der Waals surface area contributed by atoms with Crippen molar-refractivity contribution in [2.75, 3.05) is 6.54 Å². The first-order valence-corrected chi connectivity index (χ1v) is 12.3. The molecule has 0 bridgehead atoms. The highest BCUT2D eigenvalue weighted by Crippen LogP contribution is 2.09. The van der Waals surface area contributed by atoms with Crippen LogP contribution in [0.2, 0.25) is 0 Å². The molecular formula is C26H33ClN6O4. The smallest absolute Gasteiger partial charge is 0.243 e. The van der Waals surface area contributed by atoms with Crippen molar-refractivity contribution in [3.05, 3.63) is 71.8 Å². The number of guanidine groups is 1. The molecule has 10 nitrogen and oxygen atoms in total. The quantitative estimate of drug-likeness (QED) is 0.0483. The SMILES string of the molecule is N=C(N)NCCC[C@H](NC(=O)[C@H](Cc1ccccc1)NC(=O)[C@@H](N)Cc1ccccc1)C(=O)C(Cl)C=O. The third kappa shape index (κ3) is 10.4. The van der Waals surface area contributed by atoms with Gasteiger partial charge in [-0.25, -0.2) is 0 Å². The van der Waals surface area contributed by atoms with E-state index in [2.05, 4.69) is 16.0 Å². The van der Waals surface area contributed by atoms with Crippen LogP contribution in [0.15, 0.2) is 60.7 Å². The van der Waals surface area contributed by atoms with Gasteiger partial charge in [0, 0.05) is 13.0 Å². The Hall–Kier alpha value is -3.76. The fourth-order valence-electron chi connectivity index (χ4n) is 3.64. The summed E-state index contributed by atoms with van der Waals surface area (Å²) in [4.78, 5) is 50.0. The minimum atomic E-state index is -1.44. The molecule has 0 fully saturated rings. The third-order valence-electron chi connectivity index (χ3n) is 5.59. The van der Waals surface area contributed by atoms with Crippen molar-refractivity contribution < 1.29 is 19.2 Å². The molecule has 2 aromatic rings. The van der Waals surface area contributed by atoms with Crippen molar-refractivity contribution in [3.63, 3.8) is 0 Å². The average Bonchev–Trinajstić information content (AvgIpc) is 2.89. The average molecular weight is 529 g/mol. The molecule has 198 valence electrons. The van der Waals surface area contributed by atoms with E-state index in [0.29, 0.717) is 12.7 Å². The summed E-state index contributed by atoms with van der Waals surface area (Å²) in [6.07, 6.45) is 1.23. The maximum absolute atomic E-state index is 13.3. The predicted molar refractivity (Wildman–Crippen MR) is 142 cm³/mol. The molecule has 8 N–H and O–H groups in total. The summed E-state index contributed by atoms with van der Waals surface area (Å²) in [5.41, 5.74) is 13.0. The molecule has 2 amide bonds. The fraction of sp³-hybridized carbons (Fsp3) is 0.346. The molecule has 0 saturated carbocycles. The molecule has 2 aromatic carbocycles. The van der Waals surface area contributed by atoms with Gasteiger partial charge in [0.15, 0.2) is 11.7 Å². The first kappa shape index (κ1) is 29.5. The van der Waals surface area contributed by atoms with E-state index in [-0.39, 0.29) is 31.8 Å². The molecular weight excluding hydrogens is 496 g/mol. The number of halogens is 1. The number of nitrogens with two attached hydrogens (primary N) is 2. The first-order chi connectivity index (χ1) is 17.7. The van der Waals surface area contributed by atoms with E-state index in [1.165, 1.54) is 0 Å². The van der Waals surface area contributed by atoms with E-state index in [9.17, 15) is 19.2 Å². The first-order valence-electron chi connectivity index (χ1n) is 11.9. The summed E-state index contributed by atoms with van der Waals surface area (Å²) in [5, 5.41) is 13.7. The monoisotopic (exact) mass is 528 g/mol. The Morgan fingerprint density at radius 1 is 0.892 bits per heavy atom. The number of benzene rings is 2. The van der Waals surface area contributed by atoms with E-state index in [4.69, 9.17) is 28.5 Å². The topological polar surface area (TPSA) is 180 Å². The third-order valence-corrected chi connectivity index (χ3v) is 5.91. The van der Waals surface area contributed by atoms with Gasteiger partial charge in [0.2, 0.25) is 11.8 Å². The number of carbonyl (C=O) groups excluding carboxylic acids is 4. The highest BCUT2D eigenvalue weighted by atomic mass is 35.5. The largest absolute Gasteiger partial charge is 0.370 e. The second-order valence-corrected chi connectivity index (χ2v) is 9.00. The van der Waals surface area contributed by atoms with Crippen LogP contribution in [0.25, 0.3) is 0 Å². The molecule has 1 unspecified atom stereocenters. The minimum absolute atomic E-state index is 0.140. The van der Waals surface area contributed by atoms with Gasteiger partial charge in [-0.1, -0.05) is 60.7 Å². The van der Waals surface area contributed by atoms with E-state index < -0.39 is 41.1 Å². The van der Waals surface area contributed by atoms with Crippen LogP contribution in [0.1, 0.15) is 24.0 Å². The molecule has 0 saturated heterocycles. The number of ketones is 1. The molecule has 0 aliphatic heterocycles. The van der Waals surface area contributed by atoms with Gasteiger partial charge in [-0.3, -0.25) is 19.8 Å². The van der Waals surface area contributed by atoms with Crippen LogP contribution in [0.3, 0.4) is 0 Å². The second-order valence-electron chi connectivity index (χ2n) is 8.53. The minimum Gasteiger partial charge on any atom is -0.370 e. The Morgan fingerprint density at radius 3 is 1.97 bits per heavy atom. The number of rotatable bonds is 15. The highest BCUT2D eigenvalue weighted by molar-refractivity contribution is 6.39. The molecule has 0 aromatic heterocycles. The maximum Gasteiger partial charge on any atom is 0.243 e. The summed E-state index contributed by atoms with van der Waals surface area (Å²) in [6.45, 7) is 0.279. The van der Waals surface area contributed by atoms with Crippen LogP contribution < -0.4 is 27.4 Å². The summed E-state index contributed by atoms with van der Waals surface area (Å²) >= 11 is 5.84. The number of hydrogen-bond acceptors (Lipinski definition) is 6. The summed E-state index contributed by atoms with van der Waals surface area (Å²) in [5.74, 6) is -2.03. The van der Waals surface area contributed by atoms with Gasteiger partial charge in [-0.15, -0.1) is 11.6 Å². The molecule has 0 aliphatic carbocycles. The standard InChI is InChI=1S/C26H33ClN6O4/c27-19(16-34)23(35)21(12-7-13-31-26(29)30)32-25(37)22(15-18-10-5-2-6-11-18)33-24(36)20(28)14-17-8-3-1-4-9-17/h1-6,8-11,16,19-22H,7,12-15,28H2,(H,32,37)(H,33,36)(H4,29,30,31)/t19?,20-,21-,22-/m0/s1. The fourth-order valence-corrected chi connectivity index (χ4v) is 3.80. The predicted octanol–water partition coefficient (Wildman–Crippen LogP) is 0.407. The van der Waals surface area contributed by atoms with Crippen molar-refractivity contribution >= 4 is 41.4 Å². The summed E-state index contributed by atoms with van der Waals surface area (Å²) in [6, 6.07) is 15.3. The Morgan fingerprint density at radius 2 is 1.43 bits per heavy atom. The molecule has 37 heavy (non-hydrogen) atoms. The van der Waals surface area contributed by atoms with E-state index in [1.54, 1.807) is 0 Å². The zero-order valence-corrected chi connectivity index (χ0v) is 21.1. The van der Waals surface area contributed by atoms with Crippen molar-refractivity contribution in [2.24, 2.45) is 11.5 Å². The zero-order chi connectivity index (χ0) is 27.2. The normalized spacial score (nSPS) is 13.9. The van der Waals surface area contributed by atoms with Crippen molar-refractivity contribution in [1.82, 2.24) is 16.0 Å². The number of aldehydes is 1. The molecule has 11 heteroatoms. The number of amides is 2. The highest BCUT2D eigenvalue weighted by Gasteiger charge is 2.30. The van der Waals surface area contributed by atoms with Crippen molar-refractivity contribution in [3.8, 4) is 0 Å². The summed E-state index contributed by atoms with van der Waals surface area (Å²) in [7, 11) is 0. The van der Waals surface area contributed by atoms with Gasteiger partial charge in [-0.05, 0) is 30.4 Å². The Bertz CT molecular complexity index is 1050. The van der Waals surface area contributed by atoms with Gasteiger partial charge in [0.25, 0.3) is 0 Å². The number of carbonyl (C=O) groups is 4. The van der Waals surface area contributed by atoms with Gasteiger partial charge in [0.05, 0.1) is 12.1 Å². The zero-order valence-electron chi connectivity index (χ0n) is 20.4. The van der Waals surface area contributed by atoms with Gasteiger partial charge in [-0.2, -0.15) is 0 Å². The molecule has 0 aliphatic rings. The lowest BCUT2D eigenvalue weighted by Crippen LogP contribution is -2.56. The van der Waals surface area contributed by atoms with Gasteiger partial charge < -0.3 is 32.2 Å². The number of alkyl halides is 1. The Labute approximate surface area is 221 Å². The number of hydrogen-bond donors (Lipinski definition) is 6. The van der Waals surface area contributed by atoms with E-state index in [1.807, 2.05) is 60.7 Å². The van der Waals surface area contributed by atoms with Crippen LogP contribution in [-0.4, -0.2) is 59.9 Å². The summed E-state index contributed by atoms with van der Waals surface area (Å²) < 4.78 is 0. The van der Waals surface area contributed by atoms with E-state index >= 15 is 0 Å². The Kier molecular flexibility index (Phi) is 12.2. The molecule has 0 radical (unpaired) electrons. The van der Waals surface area contributed by atoms with Gasteiger partial charge >= 0.3 is 0 Å². The number of Topliss-reactive ketones (excluding diaryl/α,β-unsaturated/α-hetero) is 1. The van der Waals surface area contributed by atoms with E-state index in [0.717, 1.165) is 11.1 Å². The lowest BCUT2D eigenvalue weighted by atomic mass is 10.0. The van der Waals surface area contributed by atoms with Crippen LogP contribution in [-0.2, 0) is 32.0 Å². The molecule has 0 heterocycles. The lowest BCUT2D eigenvalue weighted by Gasteiger charge is -2.24. The lowest BCUT2D eigenvalue weighted by molar-refractivity contribution is -0.132. The molecule has 0 spiro atoms. The molecule has 4 atom stereocenters. The van der Waals surface area contributed by atoms with Crippen molar-refractivity contribution in [1.29, 1.82) is 5.41 Å². The second kappa shape index (κ2) is 15.4. The van der Waals surface area contributed by atoms with Crippen LogP contribution >= 0.6 is 11.6 Å². The van der Waals surface area contributed by atoms with Gasteiger partial charge in [0.1, 0.15) is 17.7 Å².